The number of ether oxygens (including phenoxy) is 1. The van der Waals surface area contributed by atoms with E-state index in [2.05, 4.69) is 21.4 Å². The molecule has 3 rings (SSSR count). The molecule has 0 atom stereocenters. The molecular formula is C16H19N5O2S. The molecule has 0 spiro atoms. The molecule has 0 aliphatic carbocycles. The van der Waals surface area contributed by atoms with Gasteiger partial charge in [0.15, 0.2) is 5.82 Å². The van der Waals surface area contributed by atoms with Crippen LogP contribution in [0, 0.1) is 20.8 Å². The lowest BCUT2D eigenvalue weighted by atomic mass is 10.1. The van der Waals surface area contributed by atoms with Gasteiger partial charge in [-0.3, -0.25) is 0 Å². The smallest absolute Gasteiger partial charge is 0.210 e. The SMILES string of the molecule is Cc1ccc(OCc2nnc(SCc3cc(C)on3)n2N)c(C)c1. The van der Waals surface area contributed by atoms with Gasteiger partial charge in [0.2, 0.25) is 5.16 Å². The summed E-state index contributed by atoms with van der Waals surface area (Å²) in [7, 11) is 0. The minimum atomic E-state index is 0.261. The zero-order chi connectivity index (χ0) is 17.1. The molecule has 2 heterocycles. The summed E-state index contributed by atoms with van der Waals surface area (Å²) in [5.41, 5.74) is 3.12. The van der Waals surface area contributed by atoms with E-state index in [1.165, 1.54) is 22.0 Å². The van der Waals surface area contributed by atoms with Crippen molar-refractivity contribution in [1.82, 2.24) is 20.0 Å². The Morgan fingerprint density at radius 3 is 2.75 bits per heavy atom. The maximum absolute atomic E-state index is 6.05. The molecule has 24 heavy (non-hydrogen) atoms. The predicted octanol–water partition coefficient (Wildman–Crippen LogP) is 2.78. The van der Waals surface area contributed by atoms with Crippen LogP contribution in [0.3, 0.4) is 0 Å². The first-order valence-electron chi connectivity index (χ1n) is 7.47. The molecule has 1 aromatic carbocycles. The van der Waals surface area contributed by atoms with Gasteiger partial charge in [-0.25, -0.2) is 4.68 Å². The van der Waals surface area contributed by atoms with E-state index in [-0.39, 0.29) is 6.61 Å². The maximum Gasteiger partial charge on any atom is 0.210 e. The van der Waals surface area contributed by atoms with Crippen LogP contribution in [0.25, 0.3) is 0 Å². The minimum Gasteiger partial charge on any atom is -0.485 e. The van der Waals surface area contributed by atoms with Gasteiger partial charge < -0.3 is 15.1 Å². The standard InChI is InChI=1S/C16H19N5O2S/c1-10-4-5-14(11(2)6-10)22-8-15-18-19-16(21(15)17)24-9-13-7-12(3)23-20-13/h4-7H,8-9,17H2,1-3H3. The summed E-state index contributed by atoms with van der Waals surface area (Å²) in [6, 6.07) is 7.92. The molecule has 0 bridgehead atoms. The third kappa shape index (κ3) is 3.70. The number of aryl methyl sites for hydroxylation is 3. The molecule has 2 aromatic heterocycles. The molecule has 0 amide bonds. The van der Waals surface area contributed by atoms with Gasteiger partial charge in [-0.2, -0.15) is 0 Å². The van der Waals surface area contributed by atoms with E-state index in [0.29, 0.717) is 16.7 Å². The van der Waals surface area contributed by atoms with Crippen molar-refractivity contribution in [3.05, 3.63) is 52.7 Å². The minimum absolute atomic E-state index is 0.261. The van der Waals surface area contributed by atoms with E-state index >= 15 is 0 Å². The highest BCUT2D eigenvalue weighted by Gasteiger charge is 2.12. The van der Waals surface area contributed by atoms with Crippen molar-refractivity contribution in [3.63, 3.8) is 0 Å². The first kappa shape index (κ1) is 16.4. The van der Waals surface area contributed by atoms with Gasteiger partial charge in [-0.1, -0.05) is 34.6 Å². The average Bonchev–Trinajstić information content (AvgIpc) is 3.11. The number of rotatable bonds is 6. The van der Waals surface area contributed by atoms with Crippen LogP contribution in [0.5, 0.6) is 5.75 Å². The van der Waals surface area contributed by atoms with Gasteiger partial charge in [0, 0.05) is 11.8 Å². The second kappa shape index (κ2) is 6.96. The van der Waals surface area contributed by atoms with Crippen molar-refractivity contribution in [2.45, 2.75) is 38.3 Å². The van der Waals surface area contributed by atoms with Gasteiger partial charge in [-0.05, 0) is 32.4 Å². The molecule has 0 aliphatic rings. The fraction of sp³-hybridized carbons (Fsp3) is 0.312. The Morgan fingerprint density at radius 1 is 1.21 bits per heavy atom. The van der Waals surface area contributed by atoms with Crippen LogP contribution in [0.2, 0.25) is 0 Å². The number of benzene rings is 1. The van der Waals surface area contributed by atoms with Crippen molar-refractivity contribution < 1.29 is 9.26 Å². The molecule has 0 aliphatic heterocycles. The lowest BCUT2D eigenvalue weighted by Crippen LogP contribution is -2.16. The Balaban J connectivity index is 1.62. The van der Waals surface area contributed by atoms with E-state index in [4.69, 9.17) is 15.1 Å². The van der Waals surface area contributed by atoms with Crippen molar-refractivity contribution in [2.75, 3.05) is 5.84 Å². The first-order chi connectivity index (χ1) is 11.5. The molecule has 0 fully saturated rings. The topological polar surface area (TPSA) is 92.0 Å². The number of hydrogen-bond acceptors (Lipinski definition) is 7. The van der Waals surface area contributed by atoms with Crippen molar-refractivity contribution in [3.8, 4) is 5.75 Å². The average molecular weight is 345 g/mol. The highest BCUT2D eigenvalue weighted by atomic mass is 32.2. The van der Waals surface area contributed by atoms with E-state index in [0.717, 1.165) is 22.8 Å². The highest BCUT2D eigenvalue weighted by molar-refractivity contribution is 7.98. The fourth-order valence-corrected chi connectivity index (χ4v) is 2.99. The maximum atomic E-state index is 6.05. The molecular weight excluding hydrogens is 326 g/mol. The monoisotopic (exact) mass is 345 g/mol. The number of aromatic nitrogens is 4. The van der Waals surface area contributed by atoms with Crippen LogP contribution in [-0.4, -0.2) is 20.0 Å². The van der Waals surface area contributed by atoms with Gasteiger partial charge in [0.25, 0.3) is 0 Å². The van der Waals surface area contributed by atoms with Gasteiger partial charge >= 0.3 is 0 Å². The number of thioether (sulfide) groups is 1. The molecule has 3 aromatic rings. The van der Waals surface area contributed by atoms with E-state index in [9.17, 15) is 0 Å². The van der Waals surface area contributed by atoms with Crippen molar-refractivity contribution in [2.24, 2.45) is 0 Å². The molecule has 8 heteroatoms. The van der Waals surface area contributed by atoms with Crippen LogP contribution in [0.15, 0.2) is 33.9 Å². The van der Waals surface area contributed by atoms with E-state index in [1.807, 2.05) is 39.0 Å². The first-order valence-corrected chi connectivity index (χ1v) is 8.46. The van der Waals surface area contributed by atoms with Crippen LogP contribution >= 0.6 is 11.8 Å². The summed E-state index contributed by atoms with van der Waals surface area (Å²) in [6.45, 7) is 6.18. The number of hydrogen-bond donors (Lipinski definition) is 1. The zero-order valence-corrected chi connectivity index (χ0v) is 14.6. The Kier molecular flexibility index (Phi) is 4.75. The summed E-state index contributed by atoms with van der Waals surface area (Å²) >= 11 is 1.45. The number of nitrogens with zero attached hydrogens (tertiary/aromatic N) is 4. The quantitative estimate of drug-likeness (QED) is 0.542. The van der Waals surface area contributed by atoms with Gasteiger partial charge in [0.05, 0.1) is 5.69 Å². The van der Waals surface area contributed by atoms with E-state index < -0.39 is 0 Å². The molecule has 0 unspecified atom stereocenters. The molecule has 0 saturated heterocycles. The van der Waals surface area contributed by atoms with Gasteiger partial charge in [0.1, 0.15) is 18.1 Å². The normalized spacial score (nSPS) is 11.0. The molecule has 0 radical (unpaired) electrons. The van der Waals surface area contributed by atoms with E-state index in [1.54, 1.807) is 0 Å². The largest absolute Gasteiger partial charge is 0.485 e. The number of nitrogens with two attached hydrogens (primary N) is 1. The van der Waals surface area contributed by atoms with Crippen molar-refractivity contribution >= 4 is 11.8 Å². The van der Waals surface area contributed by atoms with Crippen molar-refractivity contribution in [1.29, 1.82) is 0 Å². The summed E-state index contributed by atoms with van der Waals surface area (Å²) in [4.78, 5) is 0. The predicted molar refractivity (Wildman–Crippen MR) is 91.2 cm³/mol. The van der Waals surface area contributed by atoms with Crippen LogP contribution in [-0.2, 0) is 12.4 Å². The summed E-state index contributed by atoms with van der Waals surface area (Å²) in [6.07, 6.45) is 0. The van der Waals surface area contributed by atoms with Crippen LogP contribution in [0.4, 0.5) is 0 Å². The van der Waals surface area contributed by atoms with Gasteiger partial charge in [-0.15, -0.1) is 10.2 Å². The second-order valence-electron chi connectivity index (χ2n) is 5.54. The lowest BCUT2D eigenvalue weighted by Gasteiger charge is -2.09. The zero-order valence-electron chi connectivity index (χ0n) is 13.8. The molecule has 7 nitrogen and oxygen atoms in total. The summed E-state index contributed by atoms with van der Waals surface area (Å²) in [5.74, 6) is 8.82. The lowest BCUT2D eigenvalue weighted by molar-refractivity contribution is 0.289. The summed E-state index contributed by atoms with van der Waals surface area (Å²) < 4.78 is 12.3. The Labute approximate surface area is 144 Å². The molecule has 0 saturated carbocycles. The Morgan fingerprint density at radius 2 is 2.04 bits per heavy atom. The Hall–Kier alpha value is -2.48. The summed E-state index contributed by atoms with van der Waals surface area (Å²) in [5, 5.41) is 12.7. The molecule has 2 N–H and O–H groups in total. The Bertz CT molecular complexity index is 843. The second-order valence-corrected chi connectivity index (χ2v) is 6.49. The van der Waals surface area contributed by atoms with Crippen LogP contribution < -0.4 is 10.6 Å². The number of nitrogen functional groups attached to an aromatic ring is 1. The third-order valence-electron chi connectivity index (χ3n) is 3.45. The fourth-order valence-electron chi connectivity index (χ4n) is 2.23. The van der Waals surface area contributed by atoms with Crippen LogP contribution in [0.1, 0.15) is 28.4 Å². The third-order valence-corrected chi connectivity index (χ3v) is 4.42. The molecule has 126 valence electrons. The highest BCUT2D eigenvalue weighted by Crippen LogP contribution is 2.22.